The molecule has 0 heterocycles. The van der Waals surface area contributed by atoms with Gasteiger partial charge >= 0.3 is 0 Å². The van der Waals surface area contributed by atoms with E-state index in [4.69, 9.17) is 10.5 Å². The summed E-state index contributed by atoms with van der Waals surface area (Å²) in [4.78, 5) is 11.9. The van der Waals surface area contributed by atoms with Gasteiger partial charge in [0.25, 0.3) is 5.91 Å². The van der Waals surface area contributed by atoms with Gasteiger partial charge in [-0.2, -0.15) is 0 Å². The summed E-state index contributed by atoms with van der Waals surface area (Å²) in [6.45, 7) is 3.99. The maximum Gasteiger partial charge on any atom is 0.251 e. The normalized spacial score (nSPS) is 10.2. The van der Waals surface area contributed by atoms with Gasteiger partial charge in [0.1, 0.15) is 5.75 Å². The standard InChI is InChI=1S/C15H24N2O2/c1-2-19-14-9-7-8-13(12-14)15(18)17-11-6-4-3-5-10-16/h7-9,12H,2-6,10-11,16H2,1H3,(H,17,18). The summed E-state index contributed by atoms with van der Waals surface area (Å²) in [5.74, 6) is 0.693. The zero-order valence-corrected chi connectivity index (χ0v) is 11.7. The number of carbonyl (C=O) groups excluding carboxylic acids is 1. The summed E-state index contributed by atoms with van der Waals surface area (Å²) in [6, 6.07) is 7.26. The molecule has 106 valence electrons. The Bertz CT molecular complexity index is 380. The van der Waals surface area contributed by atoms with E-state index in [0.29, 0.717) is 18.7 Å². The average molecular weight is 264 g/mol. The minimum absolute atomic E-state index is 0.0413. The van der Waals surface area contributed by atoms with E-state index >= 15 is 0 Å². The first-order valence-corrected chi connectivity index (χ1v) is 6.99. The lowest BCUT2D eigenvalue weighted by atomic mass is 10.1. The molecular formula is C15H24N2O2. The first-order chi connectivity index (χ1) is 9.27. The molecule has 0 aliphatic carbocycles. The second-order valence-electron chi connectivity index (χ2n) is 4.42. The number of ether oxygens (including phenoxy) is 1. The second kappa shape index (κ2) is 9.39. The summed E-state index contributed by atoms with van der Waals surface area (Å²) in [5.41, 5.74) is 6.07. The highest BCUT2D eigenvalue weighted by atomic mass is 16.5. The van der Waals surface area contributed by atoms with Crippen LogP contribution in [-0.4, -0.2) is 25.6 Å². The molecule has 0 radical (unpaired) electrons. The Morgan fingerprint density at radius 2 is 2.05 bits per heavy atom. The van der Waals surface area contributed by atoms with Gasteiger partial charge in [0, 0.05) is 12.1 Å². The summed E-state index contributed by atoms with van der Waals surface area (Å²) < 4.78 is 5.37. The summed E-state index contributed by atoms with van der Waals surface area (Å²) in [5, 5.41) is 2.92. The van der Waals surface area contributed by atoms with Crippen molar-refractivity contribution in [3.05, 3.63) is 29.8 Å². The van der Waals surface area contributed by atoms with Crippen molar-refractivity contribution >= 4 is 5.91 Å². The number of benzene rings is 1. The van der Waals surface area contributed by atoms with Crippen LogP contribution in [0, 0.1) is 0 Å². The maximum absolute atomic E-state index is 11.9. The van der Waals surface area contributed by atoms with E-state index in [1.165, 1.54) is 0 Å². The van der Waals surface area contributed by atoms with Crippen LogP contribution in [0.3, 0.4) is 0 Å². The fraction of sp³-hybridized carbons (Fsp3) is 0.533. The van der Waals surface area contributed by atoms with Gasteiger partial charge in [0.2, 0.25) is 0 Å². The number of hydrogen-bond donors (Lipinski definition) is 2. The van der Waals surface area contributed by atoms with Crippen molar-refractivity contribution in [3.63, 3.8) is 0 Å². The Kier molecular flexibility index (Phi) is 7.66. The number of unbranched alkanes of at least 4 members (excludes halogenated alkanes) is 3. The molecule has 4 nitrogen and oxygen atoms in total. The Hall–Kier alpha value is -1.55. The molecule has 0 spiro atoms. The third-order valence-corrected chi connectivity index (χ3v) is 2.82. The molecule has 0 saturated carbocycles. The molecule has 0 aliphatic rings. The zero-order chi connectivity index (χ0) is 13.9. The first kappa shape index (κ1) is 15.5. The molecule has 0 bridgehead atoms. The molecule has 0 atom stereocenters. The Labute approximate surface area is 115 Å². The lowest BCUT2D eigenvalue weighted by Crippen LogP contribution is -2.24. The van der Waals surface area contributed by atoms with Crippen LogP contribution in [-0.2, 0) is 0 Å². The third kappa shape index (κ3) is 6.25. The van der Waals surface area contributed by atoms with Crippen LogP contribution in [0.5, 0.6) is 5.75 Å². The topological polar surface area (TPSA) is 64.3 Å². The first-order valence-electron chi connectivity index (χ1n) is 6.99. The van der Waals surface area contributed by atoms with E-state index in [9.17, 15) is 4.79 Å². The van der Waals surface area contributed by atoms with Crippen molar-refractivity contribution in [1.82, 2.24) is 5.32 Å². The largest absolute Gasteiger partial charge is 0.494 e. The summed E-state index contributed by atoms with van der Waals surface area (Å²) in [7, 11) is 0. The Morgan fingerprint density at radius 1 is 1.26 bits per heavy atom. The number of rotatable bonds is 9. The molecule has 0 aliphatic heterocycles. The van der Waals surface area contributed by atoms with Crippen LogP contribution in [0.15, 0.2) is 24.3 Å². The van der Waals surface area contributed by atoms with Crippen LogP contribution in [0.2, 0.25) is 0 Å². The van der Waals surface area contributed by atoms with E-state index in [0.717, 1.165) is 38.0 Å². The second-order valence-corrected chi connectivity index (χ2v) is 4.42. The van der Waals surface area contributed by atoms with E-state index in [-0.39, 0.29) is 5.91 Å². The van der Waals surface area contributed by atoms with Gasteiger partial charge in [-0.05, 0) is 44.5 Å². The third-order valence-electron chi connectivity index (χ3n) is 2.82. The van der Waals surface area contributed by atoms with Gasteiger partial charge < -0.3 is 15.8 Å². The van der Waals surface area contributed by atoms with Gasteiger partial charge in [0.05, 0.1) is 6.61 Å². The van der Waals surface area contributed by atoms with Crippen molar-refractivity contribution < 1.29 is 9.53 Å². The van der Waals surface area contributed by atoms with Crippen molar-refractivity contribution in [3.8, 4) is 5.75 Å². The molecular weight excluding hydrogens is 240 g/mol. The van der Waals surface area contributed by atoms with Crippen LogP contribution >= 0.6 is 0 Å². The molecule has 0 saturated heterocycles. The van der Waals surface area contributed by atoms with E-state index in [2.05, 4.69) is 5.32 Å². The predicted molar refractivity (Wildman–Crippen MR) is 77.5 cm³/mol. The number of nitrogens with one attached hydrogen (secondary N) is 1. The zero-order valence-electron chi connectivity index (χ0n) is 11.7. The molecule has 19 heavy (non-hydrogen) atoms. The monoisotopic (exact) mass is 264 g/mol. The van der Waals surface area contributed by atoms with E-state index < -0.39 is 0 Å². The van der Waals surface area contributed by atoms with Crippen molar-refractivity contribution in [2.24, 2.45) is 5.73 Å². The van der Waals surface area contributed by atoms with Gasteiger partial charge in [-0.3, -0.25) is 4.79 Å². The quantitative estimate of drug-likeness (QED) is 0.673. The van der Waals surface area contributed by atoms with Crippen molar-refractivity contribution in [1.29, 1.82) is 0 Å². The molecule has 1 rings (SSSR count). The van der Waals surface area contributed by atoms with Crippen LogP contribution in [0.25, 0.3) is 0 Å². The minimum atomic E-state index is -0.0413. The molecule has 1 aromatic carbocycles. The minimum Gasteiger partial charge on any atom is -0.494 e. The maximum atomic E-state index is 11.9. The van der Waals surface area contributed by atoms with Crippen molar-refractivity contribution in [2.75, 3.05) is 19.7 Å². The SMILES string of the molecule is CCOc1cccc(C(=O)NCCCCCCN)c1. The van der Waals surface area contributed by atoms with E-state index in [1.54, 1.807) is 12.1 Å². The van der Waals surface area contributed by atoms with Gasteiger partial charge in [-0.25, -0.2) is 0 Å². The Balaban J connectivity index is 2.30. The highest BCUT2D eigenvalue weighted by Crippen LogP contribution is 2.13. The van der Waals surface area contributed by atoms with Crippen molar-refractivity contribution in [2.45, 2.75) is 32.6 Å². The van der Waals surface area contributed by atoms with Crippen LogP contribution < -0.4 is 15.8 Å². The average Bonchev–Trinajstić information content (AvgIpc) is 2.43. The molecule has 0 fully saturated rings. The molecule has 0 unspecified atom stereocenters. The summed E-state index contributed by atoms with van der Waals surface area (Å²) in [6.07, 6.45) is 4.30. The van der Waals surface area contributed by atoms with Gasteiger partial charge in [-0.1, -0.05) is 18.9 Å². The molecule has 1 amide bonds. The summed E-state index contributed by atoms with van der Waals surface area (Å²) >= 11 is 0. The lowest BCUT2D eigenvalue weighted by Gasteiger charge is -2.07. The number of nitrogens with two attached hydrogens (primary N) is 1. The predicted octanol–water partition coefficient (Wildman–Crippen LogP) is 2.33. The molecule has 0 aromatic heterocycles. The molecule has 4 heteroatoms. The molecule has 1 aromatic rings. The number of amides is 1. The highest BCUT2D eigenvalue weighted by Gasteiger charge is 2.05. The number of carbonyl (C=O) groups is 1. The lowest BCUT2D eigenvalue weighted by molar-refractivity contribution is 0.0952. The fourth-order valence-corrected chi connectivity index (χ4v) is 1.82. The van der Waals surface area contributed by atoms with Gasteiger partial charge in [-0.15, -0.1) is 0 Å². The van der Waals surface area contributed by atoms with Crippen LogP contribution in [0.1, 0.15) is 43.0 Å². The smallest absolute Gasteiger partial charge is 0.251 e. The fourth-order valence-electron chi connectivity index (χ4n) is 1.82. The number of hydrogen-bond acceptors (Lipinski definition) is 3. The van der Waals surface area contributed by atoms with Crippen LogP contribution in [0.4, 0.5) is 0 Å². The molecule has 3 N–H and O–H groups in total. The van der Waals surface area contributed by atoms with Gasteiger partial charge in [0.15, 0.2) is 0 Å². The Morgan fingerprint density at radius 3 is 2.79 bits per heavy atom. The van der Waals surface area contributed by atoms with E-state index in [1.807, 2.05) is 19.1 Å². The highest BCUT2D eigenvalue weighted by molar-refractivity contribution is 5.94.